The van der Waals surface area contributed by atoms with Gasteiger partial charge in [-0.25, -0.2) is 18.0 Å². The van der Waals surface area contributed by atoms with Crippen molar-refractivity contribution in [1.29, 1.82) is 0 Å². The van der Waals surface area contributed by atoms with E-state index in [9.17, 15) is 31.5 Å². The molecule has 0 amide bonds. The maximum atomic E-state index is 12.6. The molecular formula is C19H21F3N2O6S. The number of nitrogens with zero attached hydrogens (tertiary/aromatic N) is 1. The summed E-state index contributed by atoms with van der Waals surface area (Å²) in [6.07, 6.45) is -5.08. The summed E-state index contributed by atoms with van der Waals surface area (Å²) in [7, 11) is -0.351. The molecule has 0 unspecified atom stereocenters. The van der Waals surface area contributed by atoms with Crippen molar-refractivity contribution in [3.05, 3.63) is 53.1 Å². The number of nitrogens with one attached hydrogen (secondary N) is 1. The molecule has 170 valence electrons. The number of carboxylic acids is 2. The van der Waals surface area contributed by atoms with E-state index < -0.39 is 28.1 Å². The molecule has 0 radical (unpaired) electrons. The third-order valence-electron chi connectivity index (χ3n) is 3.84. The van der Waals surface area contributed by atoms with E-state index in [0.29, 0.717) is 11.3 Å². The Bertz CT molecular complexity index is 1080. The van der Waals surface area contributed by atoms with Crippen molar-refractivity contribution in [1.82, 2.24) is 0 Å². The third-order valence-corrected chi connectivity index (χ3v) is 5.36. The van der Waals surface area contributed by atoms with Crippen molar-refractivity contribution in [3.63, 3.8) is 0 Å². The zero-order valence-electron chi connectivity index (χ0n) is 17.0. The number of carbonyl (C=O) groups is 2. The molecule has 0 bridgehead atoms. The fourth-order valence-corrected chi connectivity index (χ4v) is 3.75. The van der Waals surface area contributed by atoms with Crippen LogP contribution in [0.1, 0.15) is 21.5 Å². The summed E-state index contributed by atoms with van der Waals surface area (Å²) < 4.78 is 59.4. The Kier molecular flexibility index (Phi) is 8.05. The van der Waals surface area contributed by atoms with Crippen LogP contribution in [-0.2, 0) is 14.8 Å². The number of carboxylic acid groups (broad SMARTS) is 2. The highest BCUT2D eigenvalue weighted by molar-refractivity contribution is 7.92. The van der Waals surface area contributed by atoms with Gasteiger partial charge in [-0.3, -0.25) is 4.72 Å². The van der Waals surface area contributed by atoms with Crippen molar-refractivity contribution >= 4 is 33.3 Å². The van der Waals surface area contributed by atoms with Crippen molar-refractivity contribution in [2.45, 2.75) is 24.9 Å². The molecule has 2 rings (SSSR count). The Morgan fingerprint density at radius 2 is 1.55 bits per heavy atom. The van der Waals surface area contributed by atoms with Gasteiger partial charge in [0.2, 0.25) is 0 Å². The predicted octanol–water partition coefficient (Wildman–Crippen LogP) is 3.50. The average molecular weight is 462 g/mol. The van der Waals surface area contributed by atoms with E-state index in [4.69, 9.17) is 9.90 Å². The molecule has 0 aliphatic heterocycles. The number of aryl methyl sites for hydroxylation is 2. The van der Waals surface area contributed by atoms with Crippen LogP contribution in [0.3, 0.4) is 0 Å². The molecule has 0 atom stereocenters. The molecule has 0 aliphatic rings. The first kappa shape index (κ1) is 25.8. The second-order valence-electron chi connectivity index (χ2n) is 6.61. The van der Waals surface area contributed by atoms with Crippen LogP contribution in [-0.4, -0.2) is 50.8 Å². The summed E-state index contributed by atoms with van der Waals surface area (Å²) in [6, 6.07) is 9.60. The fraction of sp³-hybridized carbons (Fsp3) is 0.263. The molecule has 0 saturated carbocycles. The Balaban J connectivity index is 0.000000592. The molecule has 0 saturated heterocycles. The van der Waals surface area contributed by atoms with Gasteiger partial charge in [0.05, 0.1) is 16.1 Å². The summed E-state index contributed by atoms with van der Waals surface area (Å²) in [4.78, 5) is 22.1. The molecule has 0 aliphatic carbocycles. The van der Waals surface area contributed by atoms with E-state index in [-0.39, 0.29) is 16.1 Å². The number of rotatable bonds is 5. The zero-order chi connectivity index (χ0) is 24.1. The van der Waals surface area contributed by atoms with E-state index in [1.54, 1.807) is 50.2 Å². The lowest BCUT2D eigenvalue weighted by atomic mass is 10.1. The molecule has 8 nitrogen and oxygen atoms in total. The van der Waals surface area contributed by atoms with Gasteiger partial charge in [-0.15, -0.1) is 0 Å². The van der Waals surface area contributed by atoms with E-state index in [2.05, 4.69) is 4.72 Å². The van der Waals surface area contributed by atoms with Gasteiger partial charge in [0.25, 0.3) is 10.0 Å². The van der Waals surface area contributed by atoms with Crippen LogP contribution < -0.4 is 9.62 Å². The Labute approximate surface area is 177 Å². The maximum Gasteiger partial charge on any atom is 0.490 e. The number of alkyl halides is 3. The summed E-state index contributed by atoms with van der Waals surface area (Å²) >= 11 is 0. The molecule has 2 aromatic rings. The predicted molar refractivity (Wildman–Crippen MR) is 108 cm³/mol. The highest BCUT2D eigenvalue weighted by Gasteiger charge is 2.38. The Morgan fingerprint density at radius 3 is 2.00 bits per heavy atom. The molecule has 0 spiro atoms. The van der Waals surface area contributed by atoms with E-state index in [1.165, 1.54) is 6.07 Å². The van der Waals surface area contributed by atoms with Crippen LogP contribution >= 0.6 is 0 Å². The van der Waals surface area contributed by atoms with Crippen LogP contribution in [0.15, 0.2) is 41.3 Å². The Morgan fingerprint density at radius 1 is 1.00 bits per heavy atom. The lowest BCUT2D eigenvalue weighted by Gasteiger charge is -2.17. The maximum absolute atomic E-state index is 12.6. The number of benzene rings is 2. The van der Waals surface area contributed by atoms with Crippen LogP contribution in [0.2, 0.25) is 0 Å². The quantitative estimate of drug-likeness (QED) is 0.621. The van der Waals surface area contributed by atoms with E-state index in [0.717, 1.165) is 5.56 Å². The molecule has 0 heterocycles. The van der Waals surface area contributed by atoms with Gasteiger partial charge in [-0.05, 0) is 49.2 Å². The van der Waals surface area contributed by atoms with Crippen molar-refractivity contribution < 1.29 is 41.4 Å². The van der Waals surface area contributed by atoms with Gasteiger partial charge in [-0.1, -0.05) is 12.1 Å². The summed E-state index contributed by atoms with van der Waals surface area (Å²) in [6.45, 7) is 3.53. The molecule has 3 N–H and O–H groups in total. The SMILES string of the molecule is Cc1ccc(C)c(S(=O)(=O)Nc2ccc(N(C)C)c(C(=O)O)c2)c1.O=C(O)C(F)(F)F. The van der Waals surface area contributed by atoms with Gasteiger partial charge < -0.3 is 15.1 Å². The standard InChI is InChI=1S/C17H20N2O4S.C2HF3O2/c1-11-5-6-12(2)16(9-11)24(22,23)18-13-7-8-15(19(3)4)14(10-13)17(20)21;3-2(4,5)1(6)7/h5-10,18H,1-4H3,(H,20,21);(H,6,7). The lowest BCUT2D eigenvalue weighted by Crippen LogP contribution is -2.21. The van der Waals surface area contributed by atoms with Crippen molar-refractivity contribution in [2.24, 2.45) is 0 Å². The number of halogens is 3. The highest BCUT2D eigenvalue weighted by Crippen LogP contribution is 2.26. The number of sulfonamides is 1. The van der Waals surface area contributed by atoms with Gasteiger partial charge in [-0.2, -0.15) is 13.2 Å². The third kappa shape index (κ3) is 7.17. The number of aliphatic carboxylic acids is 1. The van der Waals surface area contributed by atoms with E-state index in [1.807, 2.05) is 13.0 Å². The number of hydrogen-bond acceptors (Lipinski definition) is 5. The number of aromatic carboxylic acids is 1. The van der Waals surface area contributed by atoms with Crippen LogP contribution in [0.4, 0.5) is 24.5 Å². The topological polar surface area (TPSA) is 124 Å². The largest absolute Gasteiger partial charge is 0.490 e. The fourth-order valence-electron chi connectivity index (χ4n) is 2.37. The summed E-state index contributed by atoms with van der Waals surface area (Å²) in [5, 5.41) is 16.5. The monoisotopic (exact) mass is 462 g/mol. The lowest BCUT2D eigenvalue weighted by molar-refractivity contribution is -0.192. The van der Waals surface area contributed by atoms with Crippen molar-refractivity contribution in [2.75, 3.05) is 23.7 Å². The van der Waals surface area contributed by atoms with Gasteiger partial charge in [0.15, 0.2) is 0 Å². The minimum absolute atomic E-state index is 0.0289. The first-order chi connectivity index (χ1) is 14.1. The average Bonchev–Trinajstić information content (AvgIpc) is 2.62. The first-order valence-corrected chi connectivity index (χ1v) is 9.99. The number of hydrogen-bond donors (Lipinski definition) is 3. The normalized spacial score (nSPS) is 11.2. The Hall–Kier alpha value is -3.28. The van der Waals surface area contributed by atoms with Crippen LogP contribution in [0, 0.1) is 13.8 Å². The van der Waals surface area contributed by atoms with Crippen LogP contribution in [0.5, 0.6) is 0 Å². The minimum Gasteiger partial charge on any atom is -0.478 e. The van der Waals surface area contributed by atoms with Gasteiger partial charge in [0, 0.05) is 19.8 Å². The van der Waals surface area contributed by atoms with Crippen molar-refractivity contribution in [3.8, 4) is 0 Å². The molecule has 31 heavy (non-hydrogen) atoms. The van der Waals surface area contributed by atoms with Crippen LogP contribution in [0.25, 0.3) is 0 Å². The first-order valence-electron chi connectivity index (χ1n) is 8.51. The zero-order valence-corrected chi connectivity index (χ0v) is 17.8. The molecular weight excluding hydrogens is 441 g/mol. The second kappa shape index (κ2) is 9.69. The highest BCUT2D eigenvalue weighted by atomic mass is 32.2. The number of anilines is 2. The smallest absolute Gasteiger partial charge is 0.478 e. The van der Waals surface area contributed by atoms with E-state index >= 15 is 0 Å². The molecule has 0 aromatic heterocycles. The van der Waals surface area contributed by atoms with Gasteiger partial charge in [0.1, 0.15) is 0 Å². The molecule has 0 fully saturated rings. The summed E-state index contributed by atoms with van der Waals surface area (Å²) in [5.74, 6) is -3.88. The second-order valence-corrected chi connectivity index (χ2v) is 8.26. The molecule has 2 aromatic carbocycles. The minimum atomic E-state index is -5.08. The van der Waals surface area contributed by atoms with Gasteiger partial charge >= 0.3 is 18.1 Å². The molecule has 12 heteroatoms. The summed E-state index contributed by atoms with van der Waals surface area (Å²) in [5.41, 5.74) is 2.18.